The molecule has 0 fully saturated rings. The number of halogens is 2. The van der Waals surface area contributed by atoms with Gasteiger partial charge in [-0.25, -0.2) is 4.98 Å². The highest BCUT2D eigenvalue weighted by Crippen LogP contribution is 2.07. The molecule has 2 heterocycles. The van der Waals surface area contributed by atoms with Crippen molar-refractivity contribution in [3.8, 4) is 0 Å². The fraction of sp³-hybridized carbons (Fsp3) is 0.100. The van der Waals surface area contributed by atoms with Gasteiger partial charge in [0.2, 0.25) is 0 Å². The Balaban J connectivity index is 2.31. The molecule has 0 aromatic carbocycles. The molecule has 0 aliphatic rings. The van der Waals surface area contributed by atoms with E-state index in [1.165, 1.54) is 10.9 Å². The Bertz CT molecular complexity index is 553. The number of pyridine rings is 1. The molecule has 0 atom stereocenters. The standard InChI is InChI=1S/C10H7BrIN3O/c11-7-1-2-8(14-3-7)5-15-6-13-4-9(12)10(15)16/h1-4,6H,5H2. The summed E-state index contributed by atoms with van der Waals surface area (Å²) >= 11 is 5.29. The zero-order valence-corrected chi connectivity index (χ0v) is 11.8. The summed E-state index contributed by atoms with van der Waals surface area (Å²) in [5, 5.41) is 0. The van der Waals surface area contributed by atoms with Crippen molar-refractivity contribution in [2.24, 2.45) is 0 Å². The number of rotatable bonds is 2. The maximum Gasteiger partial charge on any atom is 0.267 e. The van der Waals surface area contributed by atoms with Crippen molar-refractivity contribution in [3.05, 3.63) is 54.9 Å². The third kappa shape index (κ3) is 2.67. The van der Waals surface area contributed by atoms with E-state index in [2.05, 4.69) is 25.9 Å². The Morgan fingerprint density at radius 3 is 2.88 bits per heavy atom. The van der Waals surface area contributed by atoms with Gasteiger partial charge < -0.3 is 0 Å². The highest BCUT2D eigenvalue weighted by molar-refractivity contribution is 14.1. The Morgan fingerprint density at radius 2 is 2.19 bits per heavy atom. The zero-order valence-electron chi connectivity index (χ0n) is 8.10. The first-order valence-electron chi connectivity index (χ1n) is 4.47. The monoisotopic (exact) mass is 391 g/mol. The first kappa shape index (κ1) is 11.7. The fourth-order valence-corrected chi connectivity index (χ4v) is 1.92. The van der Waals surface area contributed by atoms with E-state index in [1.807, 2.05) is 34.7 Å². The highest BCUT2D eigenvalue weighted by Gasteiger charge is 2.02. The summed E-state index contributed by atoms with van der Waals surface area (Å²) in [7, 11) is 0. The van der Waals surface area contributed by atoms with Gasteiger partial charge in [-0.3, -0.25) is 14.3 Å². The molecular formula is C10H7BrIN3O. The molecule has 16 heavy (non-hydrogen) atoms. The summed E-state index contributed by atoms with van der Waals surface area (Å²) < 4.78 is 3.07. The van der Waals surface area contributed by atoms with Crippen molar-refractivity contribution in [2.45, 2.75) is 6.54 Å². The van der Waals surface area contributed by atoms with E-state index in [-0.39, 0.29) is 5.56 Å². The van der Waals surface area contributed by atoms with E-state index in [9.17, 15) is 4.79 Å². The summed E-state index contributed by atoms with van der Waals surface area (Å²) in [5.41, 5.74) is 0.786. The number of hydrogen-bond donors (Lipinski definition) is 0. The van der Waals surface area contributed by atoms with E-state index in [1.54, 1.807) is 12.4 Å². The van der Waals surface area contributed by atoms with Crippen LogP contribution in [0.2, 0.25) is 0 Å². The topological polar surface area (TPSA) is 47.8 Å². The van der Waals surface area contributed by atoms with Crippen LogP contribution in [0.15, 0.2) is 40.1 Å². The molecule has 2 aromatic rings. The molecule has 0 unspecified atom stereocenters. The van der Waals surface area contributed by atoms with E-state index in [4.69, 9.17) is 0 Å². The molecular weight excluding hydrogens is 385 g/mol. The van der Waals surface area contributed by atoms with E-state index < -0.39 is 0 Å². The minimum atomic E-state index is -0.0414. The lowest BCUT2D eigenvalue weighted by Gasteiger charge is -2.04. The summed E-state index contributed by atoms with van der Waals surface area (Å²) in [4.78, 5) is 19.9. The molecule has 0 amide bonds. The lowest BCUT2D eigenvalue weighted by atomic mass is 10.3. The normalized spacial score (nSPS) is 10.4. The molecule has 82 valence electrons. The molecule has 0 saturated heterocycles. The molecule has 0 N–H and O–H groups in total. The van der Waals surface area contributed by atoms with Crippen molar-refractivity contribution in [2.75, 3.05) is 0 Å². The van der Waals surface area contributed by atoms with Gasteiger partial charge in [0.1, 0.15) is 0 Å². The van der Waals surface area contributed by atoms with Crippen molar-refractivity contribution < 1.29 is 0 Å². The van der Waals surface area contributed by atoms with Gasteiger partial charge in [-0.05, 0) is 50.7 Å². The second-order valence-corrected chi connectivity index (χ2v) is 5.22. The minimum Gasteiger partial charge on any atom is -0.292 e. The zero-order chi connectivity index (χ0) is 11.5. The van der Waals surface area contributed by atoms with Gasteiger partial charge in [0.15, 0.2) is 0 Å². The number of nitrogens with zero attached hydrogens (tertiary/aromatic N) is 3. The summed E-state index contributed by atoms with van der Waals surface area (Å²) in [6.07, 6.45) is 4.78. The molecule has 2 aromatic heterocycles. The van der Waals surface area contributed by atoms with Gasteiger partial charge >= 0.3 is 0 Å². The quantitative estimate of drug-likeness (QED) is 0.736. The fourth-order valence-electron chi connectivity index (χ4n) is 1.21. The maximum atomic E-state index is 11.7. The van der Waals surface area contributed by atoms with Crippen LogP contribution in [0.5, 0.6) is 0 Å². The SMILES string of the molecule is O=c1c(I)cncn1Cc1ccc(Br)cn1. The lowest BCUT2D eigenvalue weighted by molar-refractivity contribution is 0.713. The number of hydrogen-bond acceptors (Lipinski definition) is 3. The van der Waals surface area contributed by atoms with Crippen LogP contribution in [0.3, 0.4) is 0 Å². The van der Waals surface area contributed by atoms with Crippen molar-refractivity contribution in [1.29, 1.82) is 0 Å². The third-order valence-corrected chi connectivity index (χ3v) is 3.19. The van der Waals surface area contributed by atoms with Crippen LogP contribution in [0.25, 0.3) is 0 Å². The van der Waals surface area contributed by atoms with Crippen molar-refractivity contribution >= 4 is 38.5 Å². The first-order valence-corrected chi connectivity index (χ1v) is 6.34. The molecule has 0 spiro atoms. The van der Waals surface area contributed by atoms with Gasteiger partial charge in [-0.2, -0.15) is 0 Å². The van der Waals surface area contributed by atoms with Gasteiger partial charge in [0, 0.05) is 16.9 Å². The Kier molecular flexibility index (Phi) is 3.70. The molecule has 0 aliphatic heterocycles. The summed E-state index contributed by atoms with van der Waals surface area (Å²) in [6.45, 7) is 0.440. The average Bonchev–Trinajstić information content (AvgIpc) is 2.28. The van der Waals surface area contributed by atoms with E-state index in [0.717, 1.165) is 10.2 Å². The predicted octanol–water partition coefficient (Wildman–Crippen LogP) is 2.05. The molecule has 0 radical (unpaired) electrons. The van der Waals surface area contributed by atoms with Gasteiger partial charge in [-0.15, -0.1) is 0 Å². The van der Waals surface area contributed by atoms with Gasteiger partial charge in [0.25, 0.3) is 5.56 Å². The molecule has 6 heteroatoms. The molecule has 0 saturated carbocycles. The predicted molar refractivity (Wildman–Crippen MR) is 72.3 cm³/mol. The second kappa shape index (κ2) is 5.05. The van der Waals surface area contributed by atoms with Crippen LogP contribution in [-0.2, 0) is 6.54 Å². The molecule has 2 rings (SSSR count). The summed E-state index contributed by atoms with van der Waals surface area (Å²) in [6, 6.07) is 3.77. The van der Waals surface area contributed by atoms with Crippen LogP contribution in [0.1, 0.15) is 5.69 Å². The lowest BCUT2D eigenvalue weighted by Crippen LogP contribution is -2.23. The van der Waals surface area contributed by atoms with Gasteiger partial charge in [0.05, 0.1) is 22.1 Å². The van der Waals surface area contributed by atoms with Crippen LogP contribution < -0.4 is 5.56 Å². The Labute approximate surface area is 114 Å². The second-order valence-electron chi connectivity index (χ2n) is 3.14. The van der Waals surface area contributed by atoms with Crippen molar-refractivity contribution in [1.82, 2.24) is 14.5 Å². The summed E-state index contributed by atoms with van der Waals surface area (Å²) in [5.74, 6) is 0. The van der Waals surface area contributed by atoms with Gasteiger partial charge in [-0.1, -0.05) is 0 Å². The van der Waals surface area contributed by atoms with Crippen molar-refractivity contribution in [3.63, 3.8) is 0 Å². The van der Waals surface area contributed by atoms with Crippen LogP contribution >= 0.6 is 38.5 Å². The minimum absolute atomic E-state index is 0.0414. The molecule has 4 nitrogen and oxygen atoms in total. The Morgan fingerprint density at radius 1 is 1.38 bits per heavy atom. The first-order chi connectivity index (χ1) is 7.66. The third-order valence-electron chi connectivity index (χ3n) is 1.98. The largest absolute Gasteiger partial charge is 0.292 e. The smallest absolute Gasteiger partial charge is 0.267 e. The molecule has 0 bridgehead atoms. The highest BCUT2D eigenvalue weighted by atomic mass is 127. The van der Waals surface area contributed by atoms with E-state index in [0.29, 0.717) is 10.1 Å². The van der Waals surface area contributed by atoms with E-state index >= 15 is 0 Å². The molecule has 0 aliphatic carbocycles. The Hall–Kier alpha value is -0.760. The van der Waals surface area contributed by atoms with Crippen LogP contribution in [-0.4, -0.2) is 14.5 Å². The number of aromatic nitrogens is 3. The van der Waals surface area contributed by atoms with Crippen LogP contribution in [0.4, 0.5) is 0 Å². The average molecular weight is 392 g/mol. The van der Waals surface area contributed by atoms with Crippen LogP contribution in [0, 0.1) is 3.57 Å². The maximum absolute atomic E-state index is 11.7.